The number of hydrogen-bond acceptors (Lipinski definition) is 7. The molecule has 0 spiro atoms. The Morgan fingerprint density at radius 2 is 1.63 bits per heavy atom. The van der Waals surface area contributed by atoms with Crippen molar-refractivity contribution in [1.29, 1.82) is 0 Å². The van der Waals surface area contributed by atoms with Crippen LogP contribution in [0.5, 0.6) is 0 Å². The molecular weight excluding hydrogens is 543 g/mol. The fourth-order valence-electron chi connectivity index (χ4n) is 3.50. The molecule has 11 heteroatoms. The minimum atomic E-state index is -4.15. The van der Waals surface area contributed by atoms with Crippen molar-refractivity contribution in [3.8, 4) is 0 Å². The van der Waals surface area contributed by atoms with Gasteiger partial charge in [-0.05, 0) is 48.7 Å². The highest BCUT2D eigenvalue weighted by Gasteiger charge is 2.32. The van der Waals surface area contributed by atoms with Gasteiger partial charge < -0.3 is 10.6 Å². The Bertz CT molecular complexity index is 1210. The molecule has 0 radical (unpaired) electrons. The Balaban J connectivity index is 0.000000474. The summed E-state index contributed by atoms with van der Waals surface area (Å²) >= 11 is 6.32. The van der Waals surface area contributed by atoms with Gasteiger partial charge in [-0.2, -0.15) is 8.42 Å². The molecule has 0 bridgehead atoms. The van der Waals surface area contributed by atoms with Gasteiger partial charge in [-0.15, -0.1) is 0 Å². The number of thiocarbonyl (C=S) groups is 1. The molecule has 0 aliphatic carbocycles. The molecule has 1 aliphatic heterocycles. The number of nitrogens with zero attached hydrogens (tertiary/aromatic N) is 2. The van der Waals surface area contributed by atoms with E-state index in [1.54, 1.807) is 30.3 Å². The summed E-state index contributed by atoms with van der Waals surface area (Å²) in [5.41, 5.74) is 7.58. The van der Waals surface area contributed by atoms with Crippen LogP contribution in [-0.4, -0.2) is 59.4 Å². The normalized spacial score (nSPS) is 14.4. The third-order valence-corrected chi connectivity index (χ3v) is 7.70. The molecule has 0 unspecified atom stereocenters. The first kappa shape index (κ1) is 31.5. The van der Waals surface area contributed by atoms with E-state index in [9.17, 15) is 18.0 Å². The highest BCUT2D eigenvalue weighted by Crippen LogP contribution is 2.32. The SMILES string of the molecule is CCCCN(CCCC)c1ccc(C=C2SC(=S)N(CCS(=O)(=O)O)C2=O)cc1.NC(=O)c1ccccc1. The van der Waals surface area contributed by atoms with Gasteiger partial charge in [0.05, 0.1) is 10.7 Å². The Morgan fingerprint density at radius 1 is 1.05 bits per heavy atom. The van der Waals surface area contributed by atoms with Crippen LogP contribution in [0.15, 0.2) is 59.5 Å². The maximum Gasteiger partial charge on any atom is 0.266 e. The number of amides is 2. The number of primary amides is 1. The maximum absolute atomic E-state index is 12.5. The van der Waals surface area contributed by atoms with Gasteiger partial charge in [0.15, 0.2) is 0 Å². The van der Waals surface area contributed by atoms with Crippen LogP contribution >= 0.6 is 24.0 Å². The first-order chi connectivity index (χ1) is 18.1. The monoisotopic (exact) mass is 577 g/mol. The first-order valence-corrected chi connectivity index (χ1v) is 15.3. The predicted octanol–water partition coefficient (Wildman–Crippen LogP) is 4.97. The lowest BCUT2D eigenvalue weighted by molar-refractivity contribution is -0.121. The standard InChI is InChI=1S/C20H28N2O4S3.C7H7NO/c1-3-5-11-21(12-6-4-2)17-9-7-16(8-10-17)15-18-19(23)22(20(27)28-18)13-14-29(24,25)26;8-7(9)6-4-2-1-3-5-6/h7-10,15H,3-6,11-14H2,1-2H3,(H,24,25,26);1-5H,(H2,8,9). The van der Waals surface area contributed by atoms with Gasteiger partial charge in [-0.3, -0.25) is 19.0 Å². The van der Waals surface area contributed by atoms with Gasteiger partial charge in [0.25, 0.3) is 16.0 Å². The van der Waals surface area contributed by atoms with Gasteiger partial charge in [0.1, 0.15) is 4.32 Å². The van der Waals surface area contributed by atoms with Crippen LogP contribution in [0.1, 0.15) is 55.5 Å². The average molecular weight is 578 g/mol. The van der Waals surface area contributed by atoms with Crippen molar-refractivity contribution in [2.75, 3.05) is 30.3 Å². The lowest BCUT2D eigenvalue weighted by Gasteiger charge is -2.24. The van der Waals surface area contributed by atoms with E-state index in [1.807, 2.05) is 18.2 Å². The van der Waals surface area contributed by atoms with Crippen molar-refractivity contribution in [2.45, 2.75) is 39.5 Å². The second-order valence-electron chi connectivity index (χ2n) is 8.64. The van der Waals surface area contributed by atoms with Crippen molar-refractivity contribution >= 4 is 62.0 Å². The van der Waals surface area contributed by atoms with E-state index in [4.69, 9.17) is 22.5 Å². The van der Waals surface area contributed by atoms with Gasteiger partial charge in [-0.1, -0.05) is 81.0 Å². The minimum absolute atomic E-state index is 0.149. The summed E-state index contributed by atoms with van der Waals surface area (Å²) in [4.78, 5) is 27.0. The molecule has 1 saturated heterocycles. The van der Waals surface area contributed by atoms with E-state index in [1.165, 1.54) is 10.6 Å². The van der Waals surface area contributed by atoms with Crippen LogP contribution in [0.2, 0.25) is 0 Å². The summed E-state index contributed by atoms with van der Waals surface area (Å²) in [6, 6.07) is 16.8. The minimum Gasteiger partial charge on any atom is -0.372 e. The lowest BCUT2D eigenvalue weighted by Crippen LogP contribution is -2.32. The van der Waals surface area contributed by atoms with Crippen LogP contribution in [0.25, 0.3) is 6.08 Å². The molecule has 8 nitrogen and oxygen atoms in total. The first-order valence-electron chi connectivity index (χ1n) is 12.5. The molecule has 2 amide bonds. The van der Waals surface area contributed by atoms with E-state index < -0.39 is 15.9 Å². The zero-order valence-electron chi connectivity index (χ0n) is 21.7. The topological polar surface area (TPSA) is 121 Å². The zero-order valence-corrected chi connectivity index (χ0v) is 24.2. The summed E-state index contributed by atoms with van der Waals surface area (Å²) in [6.45, 7) is 6.29. The Labute approximate surface area is 235 Å². The zero-order chi connectivity index (χ0) is 28.1. The number of thioether (sulfide) groups is 1. The number of carbonyl (C=O) groups is 2. The van der Waals surface area contributed by atoms with E-state index in [2.05, 4.69) is 30.9 Å². The molecule has 1 heterocycles. The third kappa shape index (κ3) is 10.6. The smallest absolute Gasteiger partial charge is 0.266 e. The third-order valence-electron chi connectivity index (χ3n) is 5.62. The van der Waals surface area contributed by atoms with Crippen molar-refractivity contribution in [1.82, 2.24) is 4.90 Å². The average Bonchev–Trinajstić information content (AvgIpc) is 3.15. The summed E-state index contributed by atoms with van der Waals surface area (Å²) in [6.07, 6.45) is 6.37. The number of hydrogen-bond donors (Lipinski definition) is 2. The van der Waals surface area contributed by atoms with Crippen molar-refractivity contribution in [3.05, 3.63) is 70.6 Å². The summed E-state index contributed by atoms with van der Waals surface area (Å²) in [7, 11) is -4.15. The summed E-state index contributed by atoms with van der Waals surface area (Å²) in [5, 5.41) is 0. The highest BCUT2D eigenvalue weighted by molar-refractivity contribution is 8.26. The quantitative estimate of drug-likeness (QED) is 0.206. The fourth-order valence-corrected chi connectivity index (χ4v) is 5.22. The van der Waals surface area contributed by atoms with E-state index >= 15 is 0 Å². The van der Waals surface area contributed by atoms with Crippen molar-refractivity contribution in [3.63, 3.8) is 0 Å². The van der Waals surface area contributed by atoms with Gasteiger partial charge >= 0.3 is 0 Å². The molecular formula is C27H35N3O5S3. The largest absolute Gasteiger partial charge is 0.372 e. The van der Waals surface area contributed by atoms with E-state index in [0.29, 0.717) is 14.8 Å². The van der Waals surface area contributed by atoms with Crippen LogP contribution in [0, 0.1) is 0 Å². The maximum atomic E-state index is 12.5. The number of unbranched alkanes of at least 4 members (excludes halogenated alkanes) is 2. The van der Waals surface area contributed by atoms with Crippen LogP contribution < -0.4 is 10.6 Å². The van der Waals surface area contributed by atoms with E-state index in [0.717, 1.165) is 56.1 Å². The van der Waals surface area contributed by atoms with Crippen LogP contribution in [-0.2, 0) is 14.9 Å². The molecule has 3 N–H and O–H groups in total. The van der Waals surface area contributed by atoms with Crippen LogP contribution in [0.3, 0.4) is 0 Å². The predicted molar refractivity (Wildman–Crippen MR) is 160 cm³/mol. The molecule has 38 heavy (non-hydrogen) atoms. The second-order valence-corrected chi connectivity index (χ2v) is 11.9. The number of nitrogens with two attached hydrogens (primary N) is 1. The fraction of sp³-hybridized carbons (Fsp3) is 0.370. The lowest BCUT2D eigenvalue weighted by atomic mass is 10.1. The number of carbonyl (C=O) groups excluding carboxylic acids is 2. The molecule has 206 valence electrons. The van der Waals surface area contributed by atoms with Gasteiger partial charge in [0.2, 0.25) is 5.91 Å². The summed E-state index contributed by atoms with van der Waals surface area (Å²) in [5.74, 6) is -1.25. The van der Waals surface area contributed by atoms with Gasteiger partial charge in [0, 0.05) is 30.9 Å². The Morgan fingerprint density at radius 3 is 2.11 bits per heavy atom. The molecule has 0 atom stereocenters. The van der Waals surface area contributed by atoms with Crippen molar-refractivity contribution < 1.29 is 22.6 Å². The Hall–Kier alpha value is -2.73. The molecule has 3 rings (SSSR count). The second kappa shape index (κ2) is 15.6. The summed E-state index contributed by atoms with van der Waals surface area (Å²) < 4.78 is 31.1. The van der Waals surface area contributed by atoms with Gasteiger partial charge in [-0.25, -0.2) is 0 Å². The van der Waals surface area contributed by atoms with E-state index in [-0.39, 0.29) is 18.4 Å². The number of rotatable bonds is 12. The van der Waals surface area contributed by atoms with Crippen LogP contribution in [0.4, 0.5) is 5.69 Å². The molecule has 0 aromatic heterocycles. The Kier molecular flexibility index (Phi) is 12.9. The highest BCUT2D eigenvalue weighted by atomic mass is 32.2. The molecule has 0 saturated carbocycles. The number of anilines is 1. The molecule has 2 aromatic carbocycles. The molecule has 2 aromatic rings. The van der Waals surface area contributed by atoms with Crippen molar-refractivity contribution in [2.24, 2.45) is 5.73 Å². The number of benzene rings is 2. The molecule has 1 aliphatic rings. The molecule has 1 fully saturated rings.